The number of anilines is 1. The molecule has 0 aliphatic rings. The van der Waals surface area contributed by atoms with E-state index in [-0.39, 0.29) is 5.69 Å². The molecule has 0 fully saturated rings. The normalized spacial score (nSPS) is 11.0. The van der Waals surface area contributed by atoms with Gasteiger partial charge in [-0.25, -0.2) is 4.79 Å². The molecular formula is C21H16Cl3N3O2. The number of nitrogens with one attached hydrogen (secondary N) is 3. The van der Waals surface area contributed by atoms with Gasteiger partial charge in [0, 0.05) is 22.8 Å². The predicted octanol–water partition coefficient (Wildman–Crippen LogP) is 6.01. The maximum Gasteiger partial charge on any atom is 0.323 e. The van der Waals surface area contributed by atoms with Crippen molar-refractivity contribution in [1.82, 2.24) is 9.97 Å². The number of hydrogen-bond donors (Lipinski definition) is 3. The molecule has 0 atom stereocenters. The highest BCUT2D eigenvalue weighted by atomic mass is 35.5. The molecule has 29 heavy (non-hydrogen) atoms. The van der Waals surface area contributed by atoms with E-state index in [1.807, 2.05) is 36.4 Å². The molecule has 5 nitrogen and oxygen atoms in total. The number of imidazole rings is 1. The molecule has 3 N–H and O–H groups in total. The Bertz CT molecular complexity index is 1230. The third kappa shape index (κ3) is 4.70. The molecule has 4 rings (SSSR count). The third-order valence-corrected chi connectivity index (χ3v) is 5.37. The first-order valence-corrected chi connectivity index (χ1v) is 9.92. The first-order valence-electron chi connectivity index (χ1n) is 8.79. The topological polar surface area (TPSA) is 69.9 Å². The molecule has 4 aromatic rings. The van der Waals surface area contributed by atoms with Crippen LogP contribution >= 0.6 is 34.8 Å². The van der Waals surface area contributed by atoms with Crippen molar-refractivity contribution < 1.29 is 4.74 Å². The molecule has 0 radical (unpaired) electrons. The van der Waals surface area contributed by atoms with Crippen LogP contribution in [0, 0.1) is 0 Å². The van der Waals surface area contributed by atoms with Crippen LogP contribution in [-0.4, -0.2) is 9.97 Å². The minimum absolute atomic E-state index is 0.231. The van der Waals surface area contributed by atoms with Gasteiger partial charge in [0.15, 0.2) is 0 Å². The van der Waals surface area contributed by atoms with Crippen molar-refractivity contribution in [3.63, 3.8) is 0 Å². The van der Waals surface area contributed by atoms with Gasteiger partial charge in [-0.05, 0) is 54.1 Å². The largest absolute Gasteiger partial charge is 0.489 e. The van der Waals surface area contributed by atoms with Crippen molar-refractivity contribution in [3.05, 3.63) is 91.3 Å². The quantitative estimate of drug-likeness (QED) is 0.338. The smallest absolute Gasteiger partial charge is 0.323 e. The first kappa shape index (κ1) is 19.7. The van der Waals surface area contributed by atoms with E-state index < -0.39 is 0 Å². The van der Waals surface area contributed by atoms with Crippen LogP contribution in [0.2, 0.25) is 15.1 Å². The molecule has 0 aliphatic carbocycles. The minimum Gasteiger partial charge on any atom is -0.489 e. The number of rotatable bonds is 6. The molecule has 8 heteroatoms. The van der Waals surface area contributed by atoms with Crippen LogP contribution in [0.1, 0.15) is 11.1 Å². The molecule has 1 heterocycles. The van der Waals surface area contributed by atoms with Gasteiger partial charge in [0.2, 0.25) is 0 Å². The lowest BCUT2D eigenvalue weighted by molar-refractivity contribution is 0.303. The highest BCUT2D eigenvalue weighted by Gasteiger charge is 2.08. The lowest BCUT2D eigenvalue weighted by Crippen LogP contribution is -2.04. The fourth-order valence-electron chi connectivity index (χ4n) is 2.96. The van der Waals surface area contributed by atoms with Crippen LogP contribution in [0.3, 0.4) is 0 Å². The summed E-state index contributed by atoms with van der Waals surface area (Å²) in [4.78, 5) is 16.9. The molecule has 0 amide bonds. The number of aromatic nitrogens is 2. The van der Waals surface area contributed by atoms with Gasteiger partial charge >= 0.3 is 5.69 Å². The zero-order chi connectivity index (χ0) is 20.4. The molecule has 0 saturated heterocycles. The Morgan fingerprint density at radius 2 is 1.69 bits per heavy atom. The molecule has 0 unspecified atom stereocenters. The SMILES string of the molecule is O=c1[nH]c2ccc(NCc3cc(Cl)ccc3OCc3ccc(Cl)c(Cl)c3)cc2[nH]1. The van der Waals surface area contributed by atoms with E-state index in [1.54, 1.807) is 18.2 Å². The van der Waals surface area contributed by atoms with Crippen molar-refractivity contribution in [3.8, 4) is 5.75 Å². The highest BCUT2D eigenvalue weighted by molar-refractivity contribution is 6.42. The van der Waals surface area contributed by atoms with Gasteiger partial charge in [0.25, 0.3) is 0 Å². The number of halogens is 3. The number of fused-ring (bicyclic) bond motifs is 1. The van der Waals surface area contributed by atoms with Gasteiger partial charge in [0.05, 0.1) is 21.1 Å². The van der Waals surface area contributed by atoms with E-state index in [4.69, 9.17) is 39.5 Å². The van der Waals surface area contributed by atoms with E-state index in [0.717, 1.165) is 27.8 Å². The van der Waals surface area contributed by atoms with Crippen LogP contribution in [-0.2, 0) is 13.2 Å². The summed E-state index contributed by atoms with van der Waals surface area (Å²) in [6, 6.07) is 16.5. The second kappa shape index (κ2) is 8.41. The third-order valence-electron chi connectivity index (χ3n) is 4.40. The van der Waals surface area contributed by atoms with Crippen molar-refractivity contribution >= 4 is 51.5 Å². The second-order valence-electron chi connectivity index (χ2n) is 6.48. The maximum absolute atomic E-state index is 11.4. The molecule has 0 aliphatic heterocycles. The van der Waals surface area contributed by atoms with Gasteiger partial charge in [-0.2, -0.15) is 0 Å². The lowest BCUT2D eigenvalue weighted by Gasteiger charge is -2.14. The molecule has 3 aromatic carbocycles. The molecule has 1 aromatic heterocycles. The first-order chi connectivity index (χ1) is 14.0. The van der Waals surface area contributed by atoms with Crippen LogP contribution in [0.15, 0.2) is 59.4 Å². The van der Waals surface area contributed by atoms with Gasteiger partial charge in [-0.3, -0.25) is 0 Å². The Labute approximate surface area is 181 Å². The summed E-state index contributed by atoms with van der Waals surface area (Å²) in [5, 5.41) is 4.95. The van der Waals surface area contributed by atoms with Crippen molar-refractivity contribution in [2.75, 3.05) is 5.32 Å². The number of benzene rings is 3. The summed E-state index contributed by atoms with van der Waals surface area (Å²) in [6.45, 7) is 0.847. The van der Waals surface area contributed by atoms with E-state index in [2.05, 4.69) is 15.3 Å². The zero-order valence-corrected chi connectivity index (χ0v) is 17.3. The van der Waals surface area contributed by atoms with E-state index in [0.29, 0.717) is 34.0 Å². The fourth-order valence-corrected chi connectivity index (χ4v) is 3.47. The van der Waals surface area contributed by atoms with Gasteiger partial charge in [0.1, 0.15) is 12.4 Å². The molecule has 0 bridgehead atoms. The van der Waals surface area contributed by atoms with E-state index in [1.165, 1.54) is 0 Å². The molecule has 148 valence electrons. The number of hydrogen-bond acceptors (Lipinski definition) is 3. The molecule has 0 saturated carbocycles. The summed E-state index contributed by atoms with van der Waals surface area (Å²) in [5.74, 6) is 0.712. The van der Waals surface area contributed by atoms with Gasteiger partial charge < -0.3 is 20.0 Å². The summed E-state index contributed by atoms with van der Waals surface area (Å²) in [5.41, 5.74) is 3.94. The van der Waals surface area contributed by atoms with Crippen LogP contribution in [0.25, 0.3) is 11.0 Å². The second-order valence-corrected chi connectivity index (χ2v) is 7.73. The Hall–Kier alpha value is -2.60. The predicted molar refractivity (Wildman–Crippen MR) is 118 cm³/mol. The average Bonchev–Trinajstić information content (AvgIpc) is 3.07. The molecular weight excluding hydrogens is 433 g/mol. The average molecular weight is 449 g/mol. The maximum atomic E-state index is 11.4. The van der Waals surface area contributed by atoms with Crippen molar-refractivity contribution in [2.24, 2.45) is 0 Å². The lowest BCUT2D eigenvalue weighted by atomic mass is 10.2. The minimum atomic E-state index is -0.231. The van der Waals surface area contributed by atoms with Crippen LogP contribution < -0.4 is 15.7 Å². The van der Waals surface area contributed by atoms with Crippen LogP contribution in [0.5, 0.6) is 5.75 Å². The standard InChI is InChI=1S/C21H16Cl3N3O2/c22-14-2-6-20(29-11-12-1-4-16(23)17(24)7-12)13(8-14)10-25-15-3-5-18-19(9-15)27-21(28)26-18/h1-9,25H,10-11H2,(H2,26,27,28). The number of H-pyrrole nitrogens is 2. The number of aromatic amines is 2. The van der Waals surface area contributed by atoms with E-state index in [9.17, 15) is 4.79 Å². The van der Waals surface area contributed by atoms with Gasteiger partial charge in [-0.1, -0.05) is 40.9 Å². The summed E-state index contributed by atoms with van der Waals surface area (Å²) in [7, 11) is 0. The Balaban J connectivity index is 1.49. The zero-order valence-electron chi connectivity index (χ0n) is 15.1. The van der Waals surface area contributed by atoms with Crippen LogP contribution in [0.4, 0.5) is 5.69 Å². The monoisotopic (exact) mass is 447 g/mol. The van der Waals surface area contributed by atoms with Crippen molar-refractivity contribution in [2.45, 2.75) is 13.2 Å². The fraction of sp³-hybridized carbons (Fsp3) is 0.0952. The summed E-state index contributed by atoms with van der Waals surface area (Å²) >= 11 is 18.2. The summed E-state index contributed by atoms with van der Waals surface area (Å²) < 4.78 is 5.98. The Morgan fingerprint density at radius 1 is 0.862 bits per heavy atom. The number of ether oxygens (including phenoxy) is 1. The summed E-state index contributed by atoms with van der Waals surface area (Å²) in [6.07, 6.45) is 0. The van der Waals surface area contributed by atoms with Crippen molar-refractivity contribution in [1.29, 1.82) is 0 Å². The van der Waals surface area contributed by atoms with Gasteiger partial charge in [-0.15, -0.1) is 0 Å². The Morgan fingerprint density at radius 3 is 2.52 bits per heavy atom. The van der Waals surface area contributed by atoms with E-state index >= 15 is 0 Å². The molecule has 0 spiro atoms. The Kier molecular flexibility index (Phi) is 5.72. The highest BCUT2D eigenvalue weighted by Crippen LogP contribution is 2.27.